The van der Waals surface area contributed by atoms with E-state index in [9.17, 15) is 4.79 Å². The van der Waals surface area contributed by atoms with E-state index in [4.69, 9.17) is 10.5 Å². The molecule has 0 bridgehead atoms. The number of ether oxygens (including phenoxy) is 1. The molecular weight excluding hydrogens is 252 g/mol. The van der Waals surface area contributed by atoms with E-state index in [2.05, 4.69) is 5.32 Å². The number of hydrogen-bond acceptors (Lipinski definition) is 3. The maximum absolute atomic E-state index is 12.0. The maximum Gasteiger partial charge on any atom is 0.251 e. The second kappa shape index (κ2) is 6.73. The quantitative estimate of drug-likeness (QED) is 0.874. The second-order valence-corrected chi connectivity index (χ2v) is 4.44. The van der Waals surface area contributed by atoms with Crippen LogP contribution in [0.15, 0.2) is 48.5 Å². The van der Waals surface area contributed by atoms with Gasteiger partial charge in [-0.1, -0.05) is 30.3 Å². The van der Waals surface area contributed by atoms with E-state index in [0.29, 0.717) is 24.4 Å². The second-order valence-electron chi connectivity index (χ2n) is 4.44. The predicted octanol–water partition coefficient (Wildman–Crippen LogP) is 2.08. The van der Waals surface area contributed by atoms with E-state index < -0.39 is 0 Å². The van der Waals surface area contributed by atoms with Gasteiger partial charge in [0, 0.05) is 18.7 Å². The fraction of sp³-hybridized carbons (Fsp3) is 0.188. The number of carbonyl (C=O) groups is 1. The minimum atomic E-state index is -0.123. The lowest BCUT2D eigenvalue weighted by Crippen LogP contribution is -2.22. The van der Waals surface area contributed by atoms with Crippen LogP contribution >= 0.6 is 0 Å². The van der Waals surface area contributed by atoms with E-state index >= 15 is 0 Å². The summed E-state index contributed by atoms with van der Waals surface area (Å²) < 4.78 is 5.10. The van der Waals surface area contributed by atoms with E-state index in [0.717, 1.165) is 11.1 Å². The summed E-state index contributed by atoms with van der Waals surface area (Å²) in [7, 11) is 1.58. The molecule has 0 radical (unpaired) electrons. The molecule has 0 atom stereocenters. The largest absolute Gasteiger partial charge is 0.497 e. The Labute approximate surface area is 118 Å². The zero-order valence-corrected chi connectivity index (χ0v) is 11.4. The Morgan fingerprint density at radius 3 is 2.65 bits per heavy atom. The standard InChI is InChI=1S/C16H18N2O2/c1-20-15-7-3-6-14(9-15)16(19)18-11-13-5-2-4-12(8-13)10-17/h2-9H,10-11,17H2,1H3,(H,18,19). The van der Waals surface area contributed by atoms with Gasteiger partial charge in [-0.05, 0) is 29.3 Å². The fourth-order valence-corrected chi connectivity index (χ4v) is 1.92. The lowest BCUT2D eigenvalue weighted by molar-refractivity contribution is 0.0950. The van der Waals surface area contributed by atoms with Crippen LogP contribution in [0.2, 0.25) is 0 Å². The predicted molar refractivity (Wildman–Crippen MR) is 78.5 cm³/mol. The molecule has 0 aliphatic heterocycles. The normalized spacial score (nSPS) is 10.1. The van der Waals surface area contributed by atoms with E-state index in [1.807, 2.05) is 30.3 Å². The number of amides is 1. The van der Waals surface area contributed by atoms with Crippen molar-refractivity contribution in [2.24, 2.45) is 5.73 Å². The van der Waals surface area contributed by atoms with Crippen molar-refractivity contribution >= 4 is 5.91 Å². The fourth-order valence-electron chi connectivity index (χ4n) is 1.92. The smallest absolute Gasteiger partial charge is 0.251 e. The van der Waals surface area contributed by atoms with Gasteiger partial charge in [0.2, 0.25) is 0 Å². The molecule has 0 saturated heterocycles. The first-order chi connectivity index (χ1) is 9.72. The van der Waals surface area contributed by atoms with Crippen LogP contribution in [0.5, 0.6) is 5.75 Å². The number of nitrogens with one attached hydrogen (secondary N) is 1. The van der Waals surface area contributed by atoms with Crippen molar-refractivity contribution in [2.45, 2.75) is 13.1 Å². The van der Waals surface area contributed by atoms with E-state index in [1.165, 1.54) is 0 Å². The Morgan fingerprint density at radius 1 is 1.15 bits per heavy atom. The summed E-state index contributed by atoms with van der Waals surface area (Å²) in [6, 6.07) is 14.9. The van der Waals surface area contributed by atoms with Crippen molar-refractivity contribution in [1.29, 1.82) is 0 Å². The molecule has 104 valence electrons. The lowest BCUT2D eigenvalue weighted by atomic mass is 10.1. The summed E-state index contributed by atoms with van der Waals surface area (Å²) in [5.41, 5.74) is 8.26. The zero-order valence-electron chi connectivity index (χ0n) is 11.4. The molecule has 4 heteroatoms. The first kappa shape index (κ1) is 14.1. The molecule has 0 spiro atoms. The third kappa shape index (κ3) is 3.59. The van der Waals surface area contributed by atoms with Crippen molar-refractivity contribution in [2.75, 3.05) is 7.11 Å². The Morgan fingerprint density at radius 2 is 1.90 bits per heavy atom. The highest BCUT2D eigenvalue weighted by molar-refractivity contribution is 5.94. The summed E-state index contributed by atoms with van der Waals surface area (Å²) >= 11 is 0. The average molecular weight is 270 g/mol. The third-order valence-electron chi connectivity index (χ3n) is 3.01. The van der Waals surface area contributed by atoms with Gasteiger partial charge >= 0.3 is 0 Å². The van der Waals surface area contributed by atoms with Gasteiger partial charge < -0.3 is 15.8 Å². The molecule has 2 aromatic rings. The molecule has 3 N–H and O–H groups in total. The van der Waals surface area contributed by atoms with Crippen LogP contribution < -0.4 is 15.8 Å². The number of rotatable bonds is 5. The molecule has 0 heterocycles. The van der Waals surface area contributed by atoms with Crippen molar-refractivity contribution in [1.82, 2.24) is 5.32 Å². The summed E-state index contributed by atoms with van der Waals surface area (Å²) in [5.74, 6) is 0.546. The molecule has 0 unspecified atom stereocenters. The molecule has 2 rings (SSSR count). The van der Waals surface area contributed by atoms with Gasteiger partial charge in [-0.25, -0.2) is 0 Å². The monoisotopic (exact) mass is 270 g/mol. The van der Waals surface area contributed by atoms with Gasteiger partial charge in [0.05, 0.1) is 7.11 Å². The maximum atomic E-state index is 12.0. The van der Waals surface area contributed by atoms with Crippen molar-refractivity contribution in [3.05, 3.63) is 65.2 Å². The number of hydrogen-bond donors (Lipinski definition) is 2. The molecular formula is C16H18N2O2. The summed E-state index contributed by atoms with van der Waals surface area (Å²) in [4.78, 5) is 12.0. The van der Waals surface area contributed by atoms with Crippen LogP contribution in [0.3, 0.4) is 0 Å². The molecule has 0 aliphatic rings. The topological polar surface area (TPSA) is 64.3 Å². The number of benzene rings is 2. The SMILES string of the molecule is COc1cccc(C(=O)NCc2cccc(CN)c2)c1. The Balaban J connectivity index is 2.00. The minimum Gasteiger partial charge on any atom is -0.497 e. The molecule has 0 aromatic heterocycles. The molecule has 4 nitrogen and oxygen atoms in total. The van der Waals surface area contributed by atoms with Gasteiger partial charge in [0.15, 0.2) is 0 Å². The Bertz CT molecular complexity index is 597. The van der Waals surface area contributed by atoms with Crippen molar-refractivity contribution in [3.63, 3.8) is 0 Å². The lowest BCUT2D eigenvalue weighted by Gasteiger charge is -2.08. The minimum absolute atomic E-state index is 0.123. The number of carbonyl (C=O) groups excluding carboxylic acids is 1. The Kier molecular flexibility index (Phi) is 4.74. The molecule has 0 aliphatic carbocycles. The molecule has 0 fully saturated rings. The zero-order chi connectivity index (χ0) is 14.4. The average Bonchev–Trinajstić information content (AvgIpc) is 2.52. The molecule has 0 saturated carbocycles. The van der Waals surface area contributed by atoms with Crippen LogP contribution in [0.25, 0.3) is 0 Å². The highest BCUT2D eigenvalue weighted by Crippen LogP contribution is 2.12. The van der Waals surface area contributed by atoms with Gasteiger partial charge in [-0.3, -0.25) is 4.79 Å². The van der Waals surface area contributed by atoms with Crippen LogP contribution in [0, 0.1) is 0 Å². The summed E-state index contributed by atoms with van der Waals surface area (Å²) in [6.45, 7) is 0.974. The van der Waals surface area contributed by atoms with E-state index in [1.54, 1.807) is 25.3 Å². The molecule has 20 heavy (non-hydrogen) atoms. The summed E-state index contributed by atoms with van der Waals surface area (Å²) in [6.07, 6.45) is 0. The number of nitrogens with two attached hydrogens (primary N) is 1. The van der Waals surface area contributed by atoms with Crippen molar-refractivity contribution < 1.29 is 9.53 Å². The molecule has 1 amide bonds. The van der Waals surface area contributed by atoms with Gasteiger partial charge in [-0.2, -0.15) is 0 Å². The van der Waals surface area contributed by atoms with Crippen molar-refractivity contribution in [3.8, 4) is 5.75 Å². The van der Waals surface area contributed by atoms with Crippen LogP contribution in [-0.4, -0.2) is 13.0 Å². The van der Waals surface area contributed by atoms with Crippen LogP contribution in [0.4, 0.5) is 0 Å². The van der Waals surface area contributed by atoms with Crippen LogP contribution in [-0.2, 0) is 13.1 Å². The van der Waals surface area contributed by atoms with E-state index in [-0.39, 0.29) is 5.91 Å². The van der Waals surface area contributed by atoms with Gasteiger partial charge in [-0.15, -0.1) is 0 Å². The third-order valence-corrected chi connectivity index (χ3v) is 3.01. The summed E-state index contributed by atoms with van der Waals surface area (Å²) in [5, 5.41) is 2.88. The highest BCUT2D eigenvalue weighted by Gasteiger charge is 2.06. The first-order valence-corrected chi connectivity index (χ1v) is 6.43. The Hall–Kier alpha value is -2.33. The van der Waals surface area contributed by atoms with Gasteiger partial charge in [0.25, 0.3) is 5.91 Å². The van der Waals surface area contributed by atoms with Crippen LogP contribution in [0.1, 0.15) is 21.5 Å². The van der Waals surface area contributed by atoms with Gasteiger partial charge in [0.1, 0.15) is 5.75 Å². The first-order valence-electron chi connectivity index (χ1n) is 6.43. The molecule has 2 aromatic carbocycles. The highest BCUT2D eigenvalue weighted by atomic mass is 16.5. The number of methoxy groups -OCH3 is 1.